The molecule has 1 aliphatic rings. The minimum atomic E-state index is -4.51. The average Bonchev–Trinajstić information content (AvgIpc) is 2.85. The Morgan fingerprint density at radius 1 is 1.04 bits per heavy atom. The monoisotopic (exact) mass is 366 g/mol. The molecule has 1 aromatic heterocycles. The molecule has 0 spiro atoms. The molecule has 26 heavy (non-hydrogen) atoms. The van der Waals surface area contributed by atoms with Crippen LogP contribution in [-0.4, -0.2) is 40.6 Å². The molecule has 0 N–H and O–H groups in total. The van der Waals surface area contributed by atoms with Crippen molar-refractivity contribution in [2.45, 2.75) is 6.18 Å². The molecule has 2 heterocycles. The maximum atomic E-state index is 12.1. The summed E-state index contributed by atoms with van der Waals surface area (Å²) in [4.78, 5) is 44.6. The van der Waals surface area contributed by atoms with Crippen LogP contribution in [0, 0.1) is 0 Å². The van der Waals surface area contributed by atoms with E-state index in [-0.39, 0.29) is 22.6 Å². The summed E-state index contributed by atoms with van der Waals surface area (Å²) in [6.45, 7) is -1.51. The van der Waals surface area contributed by atoms with Gasteiger partial charge >= 0.3 is 12.1 Å². The molecule has 0 fully saturated rings. The van der Waals surface area contributed by atoms with E-state index in [9.17, 15) is 27.6 Å². The third-order valence-electron chi connectivity index (χ3n) is 3.28. The second kappa shape index (κ2) is 6.47. The van der Waals surface area contributed by atoms with Gasteiger partial charge in [0.15, 0.2) is 12.3 Å². The van der Waals surface area contributed by atoms with Gasteiger partial charge in [0.2, 0.25) is 0 Å². The maximum absolute atomic E-state index is 12.1. The van der Waals surface area contributed by atoms with Crippen LogP contribution >= 0.6 is 0 Å². The SMILES string of the molecule is O=C(ON1C(=O)c2ccccc2C1=O)c1ccc(OCC(F)(F)F)cn1. The number of nitrogens with zero attached hydrogens (tertiary/aromatic N) is 2. The second-order valence-corrected chi connectivity index (χ2v) is 5.11. The van der Waals surface area contributed by atoms with Crippen molar-refractivity contribution >= 4 is 17.8 Å². The zero-order valence-corrected chi connectivity index (χ0v) is 12.8. The van der Waals surface area contributed by atoms with E-state index in [4.69, 9.17) is 4.84 Å². The Morgan fingerprint density at radius 3 is 2.15 bits per heavy atom. The first-order chi connectivity index (χ1) is 12.3. The highest BCUT2D eigenvalue weighted by Gasteiger charge is 2.39. The Bertz CT molecular complexity index is 845. The van der Waals surface area contributed by atoms with Gasteiger partial charge in [0.25, 0.3) is 11.8 Å². The first kappa shape index (κ1) is 17.4. The van der Waals surface area contributed by atoms with Crippen molar-refractivity contribution in [1.29, 1.82) is 0 Å². The lowest BCUT2D eigenvalue weighted by Gasteiger charge is -2.12. The van der Waals surface area contributed by atoms with Gasteiger partial charge in [-0.25, -0.2) is 9.78 Å². The molecule has 0 radical (unpaired) electrons. The van der Waals surface area contributed by atoms with Crippen LogP contribution in [0.15, 0.2) is 42.6 Å². The third kappa shape index (κ3) is 3.48. The minimum absolute atomic E-state index is 0.0918. The number of benzene rings is 1. The summed E-state index contributed by atoms with van der Waals surface area (Å²) in [7, 11) is 0. The van der Waals surface area contributed by atoms with E-state index in [0.717, 1.165) is 18.3 Å². The number of carbonyl (C=O) groups is 3. The highest BCUT2D eigenvalue weighted by molar-refractivity contribution is 6.21. The van der Waals surface area contributed by atoms with Gasteiger partial charge in [-0.05, 0) is 24.3 Å². The Labute approximate surface area is 143 Å². The summed E-state index contributed by atoms with van der Waals surface area (Å²) < 4.78 is 40.7. The second-order valence-electron chi connectivity index (χ2n) is 5.11. The fraction of sp³-hybridized carbons (Fsp3) is 0.125. The van der Waals surface area contributed by atoms with Crippen molar-refractivity contribution in [2.75, 3.05) is 6.61 Å². The van der Waals surface area contributed by atoms with E-state index < -0.39 is 30.6 Å². The molecule has 0 atom stereocenters. The number of hydroxylamine groups is 2. The molecular formula is C16H9F3N2O5. The summed E-state index contributed by atoms with van der Waals surface area (Å²) in [5.41, 5.74) is -0.135. The zero-order valence-electron chi connectivity index (χ0n) is 12.8. The number of rotatable bonds is 4. The van der Waals surface area contributed by atoms with Gasteiger partial charge < -0.3 is 9.57 Å². The molecule has 0 bridgehead atoms. The fourth-order valence-electron chi connectivity index (χ4n) is 2.13. The molecule has 0 saturated carbocycles. The zero-order chi connectivity index (χ0) is 18.9. The minimum Gasteiger partial charge on any atom is -0.483 e. The number of alkyl halides is 3. The van der Waals surface area contributed by atoms with E-state index in [0.29, 0.717) is 5.06 Å². The number of fused-ring (bicyclic) bond motifs is 1. The van der Waals surface area contributed by atoms with Crippen LogP contribution in [0.4, 0.5) is 13.2 Å². The molecule has 1 aliphatic heterocycles. The predicted octanol–water partition coefficient (Wildman–Crippen LogP) is 2.39. The number of carbonyl (C=O) groups excluding carboxylic acids is 3. The van der Waals surface area contributed by atoms with Crippen molar-refractivity contribution in [3.63, 3.8) is 0 Å². The van der Waals surface area contributed by atoms with Crippen molar-refractivity contribution < 1.29 is 37.1 Å². The lowest BCUT2D eigenvalue weighted by molar-refractivity contribution is -0.153. The van der Waals surface area contributed by atoms with Gasteiger partial charge in [-0.2, -0.15) is 13.2 Å². The largest absolute Gasteiger partial charge is 0.483 e. The molecule has 1 aromatic carbocycles. The van der Waals surface area contributed by atoms with Gasteiger partial charge in [-0.15, -0.1) is 0 Å². The predicted molar refractivity (Wildman–Crippen MR) is 78.1 cm³/mol. The molecule has 2 aromatic rings. The molecule has 2 amide bonds. The number of hydrogen-bond donors (Lipinski definition) is 0. The van der Waals surface area contributed by atoms with Crippen LogP contribution < -0.4 is 4.74 Å². The number of ether oxygens (including phenoxy) is 1. The van der Waals surface area contributed by atoms with Crippen molar-refractivity contribution in [3.05, 3.63) is 59.4 Å². The van der Waals surface area contributed by atoms with Gasteiger partial charge in [0.1, 0.15) is 5.75 Å². The first-order valence-electron chi connectivity index (χ1n) is 7.12. The van der Waals surface area contributed by atoms with E-state index in [2.05, 4.69) is 9.72 Å². The number of hydrogen-bond acceptors (Lipinski definition) is 6. The standard InChI is InChI=1S/C16H9F3N2O5/c17-16(18,19)8-25-9-5-6-12(20-7-9)15(24)26-21-13(22)10-3-1-2-4-11(10)14(21)23/h1-7H,8H2. The Morgan fingerprint density at radius 2 is 1.65 bits per heavy atom. The molecule has 0 saturated heterocycles. The Hall–Kier alpha value is -3.43. The van der Waals surface area contributed by atoms with Crippen LogP contribution in [0.25, 0.3) is 0 Å². The molecule has 3 rings (SSSR count). The highest BCUT2D eigenvalue weighted by Crippen LogP contribution is 2.23. The molecule has 134 valence electrons. The van der Waals surface area contributed by atoms with Gasteiger partial charge in [0.05, 0.1) is 17.3 Å². The maximum Gasteiger partial charge on any atom is 0.422 e. The summed E-state index contributed by atoms with van der Waals surface area (Å²) >= 11 is 0. The Kier molecular flexibility index (Phi) is 4.33. The number of pyridine rings is 1. The number of amides is 2. The third-order valence-corrected chi connectivity index (χ3v) is 3.28. The van der Waals surface area contributed by atoms with Crippen LogP contribution in [0.3, 0.4) is 0 Å². The highest BCUT2D eigenvalue weighted by atomic mass is 19.4. The number of halogens is 3. The summed E-state index contributed by atoms with van der Waals surface area (Å²) in [5, 5.41) is 0.308. The van der Waals surface area contributed by atoms with E-state index in [1.807, 2.05) is 0 Å². The van der Waals surface area contributed by atoms with E-state index in [1.54, 1.807) is 12.1 Å². The van der Waals surface area contributed by atoms with Crippen molar-refractivity contribution in [3.8, 4) is 5.75 Å². The quantitative estimate of drug-likeness (QED) is 0.773. The van der Waals surface area contributed by atoms with E-state index in [1.165, 1.54) is 12.1 Å². The van der Waals surface area contributed by atoms with Crippen molar-refractivity contribution in [2.24, 2.45) is 0 Å². The number of imide groups is 1. The van der Waals surface area contributed by atoms with Gasteiger partial charge in [0, 0.05) is 0 Å². The number of aromatic nitrogens is 1. The lowest BCUT2D eigenvalue weighted by atomic mass is 10.1. The van der Waals surface area contributed by atoms with Gasteiger partial charge in [-0.3, -0.25) is 9.59 Å². The van der Waals surface area contributed by atoms with Gasteiger partial charge in [-0.1, -0.05) is 17.2 Å². The molecule has 10 heteroatoms. The summed E-state index contributed by atoms with van der Waals surface area (Å²) in [6.07, 6.45) is -3.62. The fourth-order valence-corrected chi connectivity index (χ4v) is 2.13. The topological polar surface area (TPSA) is 85.8 Å². The molecule has 7 nitrogen and oxygen atoms in total. The van der Waals surface area contributed by atoms with Crippen LogP contribution in [0.2, 0.25) is 0 Å². The van der Waals surface area contributed by atoms with Crippen LogP contribution in [0.1, 0.15) is 31.2 Å². The molecule has 0 unspecified atom stereocenters. The average molecular weight is 366 g/mol. The van der Waals surface area contributed by atoms with Crippen molar-refractivity contribution in [1.82, 2.24) is 10.0 Å². The smallest absolute Gasteiger partial charge is 0.422 e. The van der Waals surface area contributed by atoms with Crippen LogP contribution in [0.5, 0.6) is 5.75 Å². The normalized spacial score (nSPS) is 13.6. The summed E-state index contributed by atoms with van der Waals surface area (Å²) in [6, 6.07) is 8.06. The molecule has 0 aliphatic carbocycles. The van der Waals surface area contributed by atoms with E-state index >= 15 is 0 Å². The summed E-state index contributed by atoms with van der Waals surface area (Å²) in [5.74, 6) is -2.94. The first-order valence-corrected chi connectivity index (χ1v) is 7.12. The molecular weight excluding hydrogens is 357 g/mol. The Balaban J connectivity index is 1.67. The van der Waals surface area contributed by atoms with Crippen LogP contribution in [-0.2, 0) is 4.84 Å². The lowest BCUT2D eigenvalue weighted by Crippen LogP contribution is -2.32.